The Morgan fingerprint density at radius 3 is 2.45 bits per heavy atom. The van der Waals surface area contributed by atoms with E-state index in [0.29, 0.717) is 5.92 Å². The van der Waals surface area contributed by atoms with Gasteiger partial charge in [0.25, 0.3) is 0 Å². The Morgan fingerprint density at radius 2 is 1.85 bits per heavy atom. The third-order valence-corrected chi connectivity index (χ3v) is 4.50. The number of hydrogen-bond acceptors (Lipinski definition) is 2. The molecule has 0 radical (unpaired) electrons. The summed E-state index contributed by atoms with van der Waals surface area (Å²) in [7, 11) is 0. The summed E-state index contributed by atoms with van der Waals surface area (Å²) in [4.78, 5) is 12.1. The molecule has 2 nitrogen and oxygen atoms in total. The summed E-state index contributed by atoms with van der Waals surface area (Å²) < 4.78 is 5.64. The molecule has 110 valence electrons. The van der Waals surface area contributed by atoms with Crippen molar-refractivity contribution >= 4 is 5.78 Å². The van der Waals surface area contributed by atoms with Gasteiger partial charge in [0.15, 0.2) is 5.78 Å². The van der Waals surface area contributed by atoms with E-state index in [9.17, 15) is 4.79 Å². The van der Waals surface area contributed by atoms with Gasteiger partial charge in [-0.2, -0.15) is 0 Å². The Morgan fingerprint density at radius 1 is 1.20 bits per heavy atom. The van der Waals surface area contributed by atoms with Crippen LogP contribution in [0.2, 0.25) is 0 Å². The normalized spacial score (nSPS) is 17.7. The monoisotopic (exact) mass is 274 g/mol. The van der Waals surface area contributed by atoms with Gasteiger partial charge in [-0.1, -0.05) is 45.2 Å². The second-order valence-corrected chi connectivity index (χ2v) is 5.97. The number of rotatable bonds is 6. The molecule has 1 aromatic carbocycles. The van der Waals surface area contributed by atoms with Gasteiger partial charge in [0.05, 0.1) is 0 Å². The Kier molecular flexibility index (Phi) is 5.63. The van der Waals surface area contributed by atoms with Gasteiger partial charge in [-0.15, -0.1) is 0 Å². The number of carbonyl (C=O) groups excluding carboxylic acids is 1. The average molecular weight is 274 g/mol. The van der Waals surface area contributed by atoms with E-state index < -0.39 is 0 Å². The van der Waals surface area contributed by atoms with Crippen molar-refractivity contribution < 1.29 is 9.53 Å². The van der Waals surface area contributed by atoms with Crippen LogP contribution < -0.4 is 4.74 Å². The molecule has 1 fully saturated rings. The first-order valence-electron chi connectivity index (χ1n) is 7.96. The molecule has 0 aromatic heterocycles. The van der Waals surface area contributed by atoms with Crippen LogP contribution in [0, 0.1) is 5.92 Å². The van der Waals surface area contributed by atoms with E-state index in [0.717, 1.165) is 25.0 Å². The largest absolute Gasteiger partial charge is 0.486 e. The minimum absolute atomic E-state index is 0.230. The third-order valence-electron chi connectivity index (χ3n) is 4.50. The van der Waals surface area contributed by atoms with Gasteiger partial charge in [-0.3, -0.25) is 4.79 Å². The first-order chi connectivity index (χ1) is 9.70. The number of carbonyl (C=O) groups is 1. The second-order valence-electron chi connectivity index (χ2n) is 5.97. The lowest BCUT2D eigenvalue weighted by atomic mass is 9.86. The standard InChI is InChI=1S/C18H26O2/c1-3-14(2)15-9-11-17(12-10-15)20-13-18(19)16-7-5-4-6-8-16/h9-12,14,16H,3-8,13H2,1-2H3. The van der Waals surface area contributed by atoms with Crippen LogP contribution in [0.5, 0.6) is 5.75 Å². The first-order valence-corrected chi connectivity index (χ1v) is 7.96. The predicted molar refractivity (Wildman–Crippen MR) is 82.2 cm³/mol. The predicted octanol–water partition coefficient (Wildman–Crippen LogP) is 4.73. The number of ketones is 1. The van der Waals surface area contributed by atoms with Crippen LogP contribution in [0.15, 0.2) is 24.3 Å². The highest BCUT2D eigenvalue weighted by molar-refractivity contribution is 5.82. The van der Waals surface area contributed by atoms with E-state index in [1.165, 1.54) is 24.8 Å². The maximum Gasteiger partial charge on any atom is 0.173 e. The fourth-order valence-corrected chi connectivity index (χ4v) is 2.83. The summed E-state index contributed by atoms with van der Waals surface area (Å²) >= 11 is 0. The molecule has 1 saturated carbocycles. The molecule has 0 amide bonds. The minimum atomic E-state index is 0.230. The lowest BCUT2D eigenvalue weighted by Crippen LogP contribution is -2.23. The summed E-state index contributed by atoms with van der Waals surface area (Å²) in [5.41, 5.74) is 1.33. The molecule has 1 unspecified atom stereocenters. The van der Waals surface area contributed by atoms with Crippen LogP contribution in [0.1, 0.15) is 63.9 Å². The molecule has 1 aliphatic rings. The average Bonchev–Trinajstić information content (AvgIpc) is 2.53. The molecular weight excluding hydrogens is 248 g/mol. The van der Waals surface area contributed by atoms with Gasteiger partial charge >= 0.3 is 0 Å². The smallest absolute Gasteiger partial charge is 0.173 e. The SMILES string of the molecule is CCC(C)c1ccc(OCC(=O)C2CCCCC2)cc1. The Bertz CT molecular complexity index is 416. The zero-order valence-electron chi connectivity index (χ0n) is 12.7. The van der Waals surface area contributed by atoms with Crippen molar-refractivity contribution in [2.45, 2.75) is 58.3 Å². The lowest BCUT2D eigenvalue weighted by molar-refractivity contribution is -0.125. The van der Waals surface area contributed by atoms with Crippen molar-refractivity contribution in [1.82, 2.24) is 0 Å². The van der Waals surface area contributed by atoms with E-state index in [1.54, 1.807) is 0 Å². The number of hydrogen-bond donors (Lipinski definition) is 0. The molecule has 0 N–H and O–H groups in total. The van der Waals surface area contributed by atoms with Crippen LogP contribution in [-0.2, 0) is 4.79 Å². The van der Waals surface area contributed by atoms with Gasteiger partial charge in [-0.25, -0.2) is 0 Å². The molecule has 2 heteroatoms. The molecule has 0 spiro atoms. The minimum Gasteiger partial charge on any atom is -0.486 e. The summed E-state index contributed by atoms with van der Waals surface area (Å²) in [6, 6.07) is 8.18. The molecule has 0 heterocycles. The van der Waals surface area contributed by atoms with Gasteiger partial charge in [-0.05, 0) is 42.9 Å². The lowest BCUT2D eigenvalue weighted by Gasteiger charge is -2.20. The second kappa shape index (κ2) is 7.47. The summed E-state index contributed by atoms with van der Waals surface area (Å²) in [5, 5.41) is 0. The highest BCUT2D eigenvalue weighted by atomic mass is 16.5. The molecule has 1 aliphatic carbocycles. The van der Waals surface area contributed by atoms with Gasteiger partial charge in [0.1, 0.15) is 12.4 Å². The Balaban J connectivity index is 1.82. The van der Waals surface area contributed by atoms with Crippen molar-refractivity contribution in [2.24, 2.45) is 5.92 Å². The quantitative estimate of drug-likeness (QED) is 0.749. The van der Waals surface area contributed by atoms with Crippen LogP contribution in [0.3, 0.4) is 0 Å². The van der Waals surface area contributed by atoms with Crippen LogP contribution in [-0.4, -0.2) is 12.4 Å². The van der Waals surface area contributed by atoms with Gasteiger partial charge < -0.3 is 4.74 Å². The molecule has 0 saturated heterocycles. The van der Waals surface area contributed by atoms with Crippen LogP contribution in [0.4, 0.5) is 0 Å². The third kappa shape index (κ3) is 4.09. The maximum absolute atomic E-state index is 12.1. The first kappa shape index (κ1) is 15.1. The van der Waals surface area contributed by atoms with E-state index in [4.69, 9.17) is 4.74 Å². The maximum atomic E-state index is 12.1. The number of benzene rings is 1. The molecule has 0 aliphatic heterocycles. The molecule has 0 bridgehead atoms. The van der Waals surface area contributed by atoms with Crippen molar-refractivity contribution in [1.29, 1.82) is 0 Å². The fourth-order valence-electron chi connectivity index (χ4n) is 2.83. The highest BCUT2D eigenvalue weighted by Crippen LogP contribution is 2.25. The summed E-state index contributed by atoms with van der Waals surface area (Å²) in [5.74, 6) is 1.90. The molecule has 2 rings (SSSR count). The molecular formula is C18H26O2. The topological polar surface area (TPSA) is 26.3 Å². The van der Waals surface area contributed by atoms with Crippen molar-refractivity contribution in [3.05, 3.63) is 29.8 Å². The zero-order valence-corrected chi connectivity index (χ0v) is 12.7. The molecule has 20 heavy (non-hydrogen) atoms. The van der Waals surface area contributed by atoms with Crippen LogP contribution in [0.25, 0.3) is 0 Å². The van der Waals surface area contributed by atoms with Crippen molar-refractivity contribution in [3.8, 4) is 5.75 Å². The Labute approximate surface area is 122 Å². The number of ether oxygens (including phenoxy) is 1. The zero-order chi connectivity index (χ0) is 14.4. The van der Waals surface area contributed by atoms with Crippen molar-refractivity contribution in [2.75, 3.05) is 6.61 Å². The Hall–Kier alpha value is -1.31. The number of Topliss-reactive ketones (excluding diaryl/α,β-unsaturated/α-hetero) is 1. The molecule has 1 atom stereocenters. The van der Waals surface area contributed by atoms with E-state index >= 15 is 0 Å². The van der Waals surface area contributed by atoms with E-state index in [1.807, 2.05) is 12.1 Å². The summed E-state index contributed by atoms with van der Waals surface area (Å²) in [6.07, 6.45) is 6.91. The fraction of sp³-hybridized carbons (Fsp3) is 0.611. The van der Waals surface area contributed by atoms with Crippen molar-refractivity contribution in [3.63, 3.8) is 0 Å². The highest BCUT2D eigenvalue weighted by Gasteiger charge is 2.21. The molecule has 1 aromatic rings. The van der Waals surface area contributed by atoms with E-state index in [-0.39, 0.29) is 18.3 Å². The van der Waals surface area contributed by atoms with E-state index in [2.05, 4.69) is 26.0 Å². The van der Waals surface area contributed by atoms with Gasteiger partial charge in [0, 0.05) is 5.92 Å². The van der Waals surface area contributed by atoms with Crippen LogP contribution >= 0.6 is 0 Å². The van der Waals surface area contributed by atoms with Gasteiger partial charge in [0.2, 0.25) is 0 Å². The summed E-state index contributed by atoms with van der Waals surface area (Å²) in [6.45, 7) is 4.65.